The van der Waals surface area contributed by atoms with Gasteiger partial charge < -0.3 is 9.05 Å². The number of hydrogen-bond acceptors (Lipinski definition) is 4. The normalized spacial score (nSPS) is 14.4. The third-order valence-corrected chi connectivity index (χ3v) is 6.23. The van der Waals surface area contributed by atoms with Crippen molar-refractivity contribution in [3.05, 3.63) is 48.6 Å². The molecular formula is C15H20ClO4P. The maximum Gasteiger partial charge on any atom is 0.359 e. The molecule has 0 radical (unpaired) electrons. The first-order valence-corrected chi connectivity index (χ1v) is 8.66. The predicted octanol–water partition coefficient (Wildman–Crippen LogP) is 4.65. The monoisotopic (exact) mass is 330 g/mol. The van der Waals surface area contributed by atoms with Crippen LogP contribution in [0.2, 0.25) is 0 Å². The Hall–Kier alpha value is -0.930. The van der Waals surface area contributed by atoms with Crippen molar-refractivity contribution in [3.8, 4) is 0 Å². The standard InChI is InChI=1S/C15H20ClO4P/c1-4-12-15(16,21(18,19-5-2)20-6-3)14(17)13-10-8-7-9-11-13/h4,7-11H,1,5-6,12H2,2-3H3. The Bertz CT molecular complexity index is 522. The van der Waals surface area contributed by atoms with Crippen molar-refractivity contribution in [2.75, 3.05) is 13.2 Å². The summed E-state index contributed by atoms with van der Waals surface area (Å²) in [6.07, 6.45) is 1.43. The minimum atomic E-state index is -3.83. The Morgan fingerprint density at radius 3 is 2.24 bits per heavy atom. The van der Waals surface area contributed by atoms with Crippen LogP contribution >= 0.6 is 19.2 Å². The second-order valence-electron chi connectivity index (χ2n) is 4.28. The molecule has 4 nitrogen and oxygen atoms in total. The fourth-order valence-electron chi connectivity index (χ4n) is 1.91. The third kappa shape index (κ3) is 3.83. The Balaban J connectivity index is 3.32. The van der Waals surface area contributed by atoms with Crippen molar-refractivity contribution < 1.29 is 18.4 Å². The number of ketones is 1. The summed E-state index contributed by atoms with van der Waals surface area (Å²) in [4.78, 5) is 12.7. The fraction of sp³-hybridized carbons (Fsp3) is 0.400. The van der Waals surface area contributed by atoms with Gasteiger partial charge in [0.25, 0.3) is 0 Å². The van der Waals surface area contributed by atoms with E-state index >= 15 is 0 Å². The maximum absolute atomic E-state index is 13.0. The molecule has 0 aliphatic heterocycles. The number of Topliss-reactive ketones (excluding diaryl/α,β-unsaturated/α-hetero) is 1. The number of halogens is 1. The van der Waals surface area contributed by atoms with Gasteiger partial charge in [0.2, 0.25) is 4.62 Å². The third-order valence-electron chi connectivity index (χ3n) is 2.83. The van der Waals surface area contributed by atoms with Crippen molar-refractivity contribution >= 4 is 25.0 Å². The average Bonchev–Trinajstić information content (AvgIpc) is 2.48. The van der Waals surface area contributed by atoms with Crippen molar-refractivity contribution in [3.63, 3.8) is 0 Å². The van der Waals surface area contributed by atoms with Crippen molar-refractivity contribution in [1.29, 1.82) is 0 Å². The van der Waals surface area contributed by atoms with Gasteiger partial charge in [-0.2, -0.15) is 0 Å². The molecule has 0 aliphatic rings. The summed E-state index contributed by atoms with van der Waals surface area (Å²) in [5, 5.41) is 0. The molecule has 1 atom stereocenters. The number of rotatable bonds is 9. The molecule has 0 saturated heterocycles. The van der Waals surface area contributed by atoms with Crippen LogP contribution in [0.1, 0.15) is 30.6 Å². The Kier molecular flexibility index (Phi) is 6.82. The lowest BCUT2D eigenvalue weighted by Crippen LogP contribution is -2.34. The highest BCUT2D eigenvalue weighted by Gasteiger charge is 2.54. The van der Waals surface area contributed by atoms with Crippen LogP contribution in [0.25, 0.3) is 0 Å². The van der Waals surface area contributed by atoms with E-state index in [1.807, 2.05) is 0 Å². The molecule has 1 aromatic carbocycles. The number of benzene rings is 1. The van der Waals surface area contributed by atoms with Crippen LogP contribution in [-0.4, -0.2) is 23.6 Å². The summed E-state index contributed by atoms with van der Waals surface area (Å²) in [7, 11) is -3.83. The van der Waals surface area contributed by atoms with Crippen LogP contribution in [0.3, 0.4) is 0 Å². The van der Waals surface area contributed by atoms with E-state index in [0.29, 0.717) is 5.56 Å². The second kappa shape index (κ2) is 7.90. The molecule has 0 aliphatic carbocycles. The molecule has 0 spiro atoms. The molecule has 1 rings (SSSR count). The first-order valence-electron chi connectivity index (χ1n) is 6.74. The van der Waals surface area contributed by atoms with Gasteiger partial charge in [-0.25, -0.2) is 0 Å². The van der Waals surface area contributed by atoms with Gasteiger partial charge in [-0.1, -0.05) is 48.0 Å². The molecule has 0 bridgehead atoms. The highest BCUT2D eigenvalue weighted by atomic mass is 35.5. The second-order valence-corrected chi connectivity index (χ2v) is 7.46. The molecule has 0 amide bonds. The maximum atomic E-state index is 13.0. The largest absolute Gasteiger partial charge is 0.359 e. The SMILES string of the molecule is C=CCC(Cl)(C(=O)c1ccccc1)P(=O)(OCC)OCC. The zero-order chi connectivity index (χ0) is 15.9. The molecule has 1 unspecified atom stereocenters. The van der Waals surface area contributed by atoms with Gasteiger partial charge in [-0.15, -0.1) is 6.58 Å². The van der Waals surface area contributed by atoms with Crippen LogP contribution in [-0.2, 0) is 13.6 Å². The summed E-state index contributed by atoms with van der Waals surface area (Å²) >= 11 is 6.46. The molecule has 6 heteroatoms. The van der Waals surface area contributed by atoms with Crippen molar-refractivity contribution in [2.24, 2.45) is 0 Å². The molecule has 0 heterocycles. The summed E-state index contributed by atoms with van der Waals surface area (Å²) in [6, 6.07) is 8.44. The number of hydrogen-bond donors (Lipinski definition) is 0. The highest BCUT2D eigenvalue weighted by Crippen LogP contribution is 2.64. The van der Waals surface area contributed by atoms with Gasteiger partial charge in [0.15, 0.2) is 5.78 Å². The van der Waals surface area contributed by atoms with Crippen LogP contribution in [0.5, 0.6) is 0 Å². The summed E-state index contributed by atoms with van der Waals surface area (Å²) < 4.78 is 21.7. The van der Waals surface area contributed by atoms with Crippen molar-refractivity contribution in [2.45, 2.75) is 24.9 Å². The Morgan fingerprint density at radius 2 is 1.81 bits per heavy atom. The molecule has 0 N–H and O–H groups in total. The zero-order valence-electron chi connectivity index (χ0n) is 12.3. The quantitative estimate of drug-likeness (QED) is 0.286. The average molecular weight is 331 g/mol. The lowest BCUT2D eigenvalue weighted by atomic mass is 10.1. The first kappa shape index (κ1) is 18.1. The van der Waals surface area contributed by atoms with Crippen LogP contribution in [0, 0.1) is 0 Å². The fourth-order valence-corrected chi connectivity index (χ4v) is 4.32. The highest BCUT2D eigenvalue weighted by molar-refractivity contribution is 7.59. The summed E-state index contributed by atoms with van der Waals surface area (Å²) in [6.45, 7) is 7.19. The molecule has 0 saturated carbocycles. The van der Waals surface area contributed by atoms with Crippen LogP contribution in [0.4, 0.5) is 0 Å². The van der Waals surface area contributed by atoms with Gasteiger partial charge in [-0.3, -0.25) is 9.36 Å². The minimum absolute atomic E-state index is 0.0143. The van der Waals surface area contributed by atoms with Gasteiger partial charge in [0, 0.05) is 12.0 Å². The van der Waals surface area contributed by atoms with E-state index in [2.05, 4.69) is 6.58 Å². The summed E-state index contributed by atoms with van der Waals surface area (Å²) in [5.74, 6) is -0.491. The van der Waals surface area contributed by atoms with E-state index in [9.17, 15) is 9.36 Å². The smallest absolute Gasteiger partial charge is 0.307 e. The van der Waals surface area contributed by atoms with Gasteiger partial charge in [-0.05, 0) is 13.8 Å². The van der Waals surface area contributed by atoms with Gasteiger partial charge >= 0.3 is 7.60 Å². The van der Waals surface area contributed by atoms with Gasteiger partial charge in [0.05, 0.1) is 13.2 Å². The lowest BCUT2D eigenvalue weighted by molar-refractivity contribution is 0.0949. The number of carbonyl (C=O) groups excluding carboxylic acids is 1. The Morgan fingerprint density at radius 1 is 1.29 bits per heavy atom. The topological polar surface area (TPSA) is 52.6 Å². The molecule has 0 fully saturated rings. The molecule has 116 valence electrons. The van der Waals surface area contributed by atoms with Crippen molar-refractivity contribution in [1.82, 2.24) is 0 Å². The zero-order valence-corrected chi connectivity index (χ0v) is 13.9. The predicted molar refractivity (Wildman–Crippen MR) is 85.0 cm³/mol. The van der Waals surface area contributed by atoms with Crippen LogP contribution in [0.15, 0.2) is 43.0 Å². The van der Waals surface area contributed by atoms with E-state index in [4.69, 9.17) is 20.6 Å². The number of carbonyl (C=O) groups is 1. The van der Waals surface area contributed by atoms with E-state index in [0.717, 1.165) is 0 Å². The van der Waals surface area contributed by atoms with E-state index in [1.165, 1.54) is 6.08 Å². The molecule has 21 heavy (non-hydrogen) atoms. The number of allylic oxidation sites excluding steroid dienone is 1. The molecule has 1 aromatic rings. The molecular weight excluding hydrogens is 311 g/mol. The summed E-state index contributed by atoms with van der Waals surface area (Å²) in [5.41, 5.74) is 0.356. The van der Waals surface area contributed by atoms with Gasteiger partial charge in [0.1, 0.15) is 0 Å². The lowest BCUT2D eigenvalue weighted by Gasteiger charge is -2.31. The van der Waals surface area contributed by atoms with Crippen LogP contribution < -0.4 is 0 Å². The first-order chi connectivity index (χ1) is 9.95. The van der Waals surface area contributed by atoms with E-state index < -0.39 is 18.0 Å². The van der Waals surface area contributed by atoms with E-state index in [1.54, 1.807) is 44.2 Å². The minimum Gasteiger partial charge on any atom is -0.307 e. The Labute approximate surface area is 130 Å². The molecule has 0 aromatic heterocycles. The van der Waals surface area contributed by atoms with E-state index in [-0.39, 0.29) is 19.6 Å². The number of alkyl halides is 1.